The molecule has 5 nitrogen and oxygen atoms in total. The van der Waals surface area contributed by atoms with E-state index in [9.17, 15) is 4.79 Å². The summed E-state index contributed by atoms with van der Waals surface area (Å²) >= 11 is 0. The van der Waals surface area contributed by atoms with Gasteiger partial charge in [0.2, 0.25) is 5.91 Å². The summed E-state index contributed by atoms with van der Waals surface area (Å²) in [4.78, 5) is 17.5. The normalized spacial score (nSPS) is 17.2. The molecule has 1 atom stereocenters. The van der Waals surface area contributed by atoms with E-state index in [-0.39, 0.29) is 5.91 Å². The van der Waals surface area contributed by atoms with Crippen LogP contribution >= 0.6 is 0 Å². The minimum absolute atomic E-state index is 0.264. The first kappa shape index (κ1) is 23.5. The number of carbonyl (C=O) groups excluding carboxylic acids is 1. The molecule has 164 valence electrons. The standard InChI is InChI=1S/C24H40N2O3/c1-5-6-7-12-24(27)26(17-10-16-25-15-9-8-11-20(25)2)19-21-13-14-22(28-3)23(18-21)29-4/h13-14,18,20H,5-12,15-17,19H2,1-4H3. The van der Waals surface area contributed by atoms with Crippen LogP contribution in [0.4, 0.5) is 0 Å². The number of carbonyl (C=O) groups is 1. The van der Waals surface area contributed by atoms with Crippen LogP contribution in [0, 0.1) is 0 Å². The van der Waals surface area contributed by atoms with Gasteiger partial charge in [0.15, 0.2) is 11.5 Å². The maximum absolute atomic E-state index is 12.9. The topological polar surface area (TPSA) is 42.0 Å². The second kappa shape index (κ2) is 12.7. The van der Waals surface area contributed by atoms with E-state index in [1.807, 2.05) is 23.1 Å². The zero-order valence-electron chi connectivity index (χ0n) is 18.9. The van der Waals surface area contributed by atoms with E-state index < -0.39 is 0 Å². The summed E-state index contributed by atoms with van der Waals surface area (Å²) in [5, 5.41) is 0. The number of unbranched alkanes of at least 4 members (excludes halogenated alkanes) is 2. The van der Waals surface area contributed by atoms with Crippen LogP contribution in [0.5, 0.6) is 11.5 Å². The number of hydrogen-bond acceptors (Lipinski definition) is 4. The summed E-state index contributed by atoms with van der Waals surface area (Å²) < 4.78 is 10.8. The average Bonchev–Trinajstić information content (AvgIpc) is 2.74. The minimum atomic E-state index is 0.264. The van der Waals surface area contributed by atoms with Crippen molar-refractivity contribution in [1.82, 2.24) is 9.80 Å². The van der Waals surface area contributed by atoms with Gasteiger partial charge in [-0.2, -0.15) is 0 Å². The summed E-state index contributed by atoms with van der Waals surface area (Å²) in [7, 11) is 3.29. The van der Waals surface area contributed by atoms with Crippen molar-refractivity contribution in [3.8, 4) is 11.5 Å². The van der Waals surface area contributed by atoms with Crippen molar-refractivity contribution in [2.24, 2.45) is 0 Å². The highest BCUT2D eigenvalue weighted by Gasteiger charge is 2.19. The van der Waals surface area contributed by atoms with Gasteiger partial charge in [-0.25, -0.2) is 0 Å². The maximum Gasteiger partial charge on any atom is 0.222 e. The van der Waals surface area contributed by atoms with Gasteiger partial charge >= 0.3 is 0 Å². The number of likely N-dealkylation sites (tertiary alicyclic amines) is 1. The molecule has 0 aliphatic carbocycles. The Morgan fingerprint density at radius 3 is 2.62 bits per heavy atom. The monoisotopic (exact) mass is 404 g/mol. The lowest BCUT2D eigenvalue weighted by Crippen LogP contribution is -2.40. The molecule has 1 fully saturated rings. The number of hydrogen-bond donors (Lipinski definition) is 0. The molecule has 0 bridgehead atoms. The lowest BCUT2D eigenvalue weighted by atomic mass is 10.0. The lowest BCUT2D eigenvalue weighted by Gasteiger charge is -2.34. The second-order valence-electron chi connectivity index (χ2n) is 8.20. The summed E-state index contributed by atoms with van der Waals surface area (Å²) in [6, 6.07) is 6.60. The van der Waals surface area contributed by atoms with Crippen LogP contribution in [0.3, 0.4) is 0 Å². The number of amides is 1. The fourth-order valence-electron chi connectivity index (χ4n) is 4.13. The van der Waals surface area contributed by atoms with Gasteiger partial charge in [0.1, 0.15) is 0 Å². The molecule has 1 amide bonds. The number of benzene rings is 1. The van der Waals surface area contributed by atoms with Crippen molar-refractivity contribution in [2.45, 2.75) is 77.8 Å². The number of piperidine rings is 1. The molecule has 0 radical (unpaired) electrons. The smallest absolute Gasteiger partial charge is 0.222 e. The van der Waals surface area contributed by atoms with Crippen LogP contribution in [-0.4, -0.2) is 55.6 Å². The summed E-state index contributed by atoms with van der Waals surface area (Å²) in [5.74, 6) is 1.70. The Labute approximate surface area is 177 Å². The van der Waals surface area contributed by atoms with Gasteiger partial charge in [-0.15, -0.1) is 0 Å². The Bertz CT molecular complexity index is 620. The number of methoxy groups -OCH3 is 2. The van der Waals surface area contributed by atoms with E-state index >= 15 is 0 Å². The molecule has 0 N–H and O–H groups in total. The van der Waals surface area contributed by atoms with Crippen molar-refractivity contribution in [2.75, 3.05) is 33.9 Å². The third kappa shape index (κ3) is 7.54. The number of ether oxygens (including phenoxy) is 2. The quantitative estimate of drug-likeness (QED) is 0.466. The summed E-state index contributed by atoms with van der Waals surface area (Å²) in [6.45, 7) is 8.21. The zero-order valence-corrected chi connectivity index (χ0v) is 18.9. The first-order valence-corrected chi connectivity index (χ1v) is 11.3. The summed E-state index contributed by atoms with van der Waals surface area (Å²) in [6.07, 6.45) is 8.83. The molecule has 29 heavy (non-hydrogen) atoms. The van der Waals surface area contributed by atoms with Crippen LogP contribution < -0.4 is 9.47 Å². The Balaban J connectivity index is 1.99. The van der Waals surface area contributed by atoms with Crippen LogP contribution in [0.1, 0.15) is 70.8 Å². The van der Waals surface area contributed by atoms with Crippen LogP contribution in [0.15, 0.2) is 18.2 Å². The van der Waals surface area contributed by atoms with Crippen molar-refractivity contribution < 1.29 is 14.3 Å². The van der Waals surface area contributed by atoms with Crippen molar-refractivity contribution in [3.05, 3.63) is 23.8 Å². The molecule has 1 heterocycles. The van der Waals surface area contributed by atoms with Crippen molar-refractivity contribution >= 4 is 5.91 Å². The van der Waals surface area contributed by atoms with Gasteiger partial charge in [-0.1, -0.05) is 32.3 Å². The predicted octanol–water partition coefficient (Wildman–Crippen LogP) is 4.88. The van der Waals surface area contributed by atoms with Gasteiger partial charge in [0.25, 0.3) is 0 Å². The highest BCUT2D eigenvalue weighted by Crippen LogP contribution is 2.28. The zero-order chi connectivity index (χ0) is 21.1. The van der Waals surface area contributed by atoms with Gasteiger partial charge in [-0.05, 0) is 56.8 Å². The third-order valence-corrected chi connectivity index (χ3v) is 5.98. The molecule has 0 saturated carbocycles. The van der Waals surface area contributed by atoms with E-state index in [4.69, 9.17) is 9.47 Å². The Hall–Kier alpha value is -1.75. The SMILES string of the molecule is CCCCCC(=O)N(CCCN1CCCCC1C)Cc1ccc(OC)c(OC)c1. The van der Waals surface area contributed by atoms with E-state index in [0.717, 1.165) is 50.1 Å². The fourth-order valence-corrected chi connectivity index (χ4v) is 4.13. The molecule has 1 aliphatic rings. The second-order valence-corrected chi connectivity index (χ2v) is 8.20. The molecular formula is C24H40N2O3. The van der Waals surface area contributed by atoms with Crippen LogP contribution in [-0.2, 0) is 11.3 Å². The third-order valence-electron chi connectivity index (χ3n) is 5.98. The fraction of sp³-hybridized carbons (Fsp3) is 0.708. The molecule has 5 heteroatoms. The molecule has 1 aromatic rings. The Morgan fingerprint density at radius 1 is 1.14 bits per heavy atom. The van der Waals surface area contributed by atoms with Gasteiger partial charge in [0, 0.05) is 32.1 Å². The van der Waals surface area contributed by atoms with E-state index in [0.29, 0.717) is 24.8 Å². The maximum atomic E-state index is 12.9. The molecule has 1 aliphatic heterocycles. The number of nitrogens with zero attached hydrogens (tertiary/aromatic N) is 2. The molecule has 1 unspecified atom stereocenters. The van der Waals surface area contributed by atoms with E-state index in [1.165, 1.54) is 25.8 Å². The highest BCUT2D eigenvalue weighted by molar-refractivity contribution is 5.76. The minimum Gasteiger partial charge on any atom is -0.493 e. The largest absolute Gasteiger partial charge is 0.493 e. The number of rotatable bonds is 12. The van der Waals surface area contributed by atoms with Crippen molar-refractivity contribution in [1.29, 1.82) is 0 Å². The van der Waals surface area contributed by atoms with Crippen molar-refractivity contribution in [3.63, 3.8) is 0 Å². The molecule has 0 spiro atoms. The lowest BCUT2D eigenvalue weighted by molar-refractivity contribution is -0.132. The first-order valence-electron chi connectivity index (χ1n) is 11.3. The average molecular weight is 405 g/mol. The first-order chi connectivity index (χ1) is 14.1. The van der Waals surface area contributed by atoms with Crippen LogP contribution in [0.25, 0.3) is 0 Å². The van der Waals surface area contributed by atoms with E-state index in [2.05, 4.69) is 18.7 Å². The Morgan fingerprint density at radius 2 is 1.93 bits per heavy atom. The molecule has 0 aromatic heterocycles. The van der Waals surface area contributed by atoms with Crippen LogP contribution in [0.2, 0.25) is 0 Å². The summed E-state index contributed by atoms with van der Waals surface area (Å²) in [5.41, 5.74) is 1.08. The molecule has 2 rings (SSSR count). The Kier molecular flexibility index (Phi) is 10.3. The van der Waals surface area contributed by atoms with E-state index in [1.54, 1.807) is 14.2 Å². The van der Waals surface area contributed by atoms with Gasteiger partial charge < -0.3 is 19.3 Å². The predicted molar refractivity (Wildman–Crippen MR) is 119 cm³/mol. The molecule has 1 aromatic carbocycles. The van der Waals surface area contributed by atoms with Gasteiger partial charge in [-0.3, -0.25) is 4.79 Å². The molecule has 1 saturated heterocycles. The molecular weight excluding hydrogens is 364 g/mol. The highest BCUT2D eigenvalue weighted by atomic mass is 16.5. The van der Waals surface area contributed by atoms with Gasteiger partial charge in [0.05, 0.1) is 14.2 Å².